The maximum Gasteiger partial charge on any atom is 0.277 e. The number of rotatable bonds is 7. The van der Waals surface area contributed by atoms with Gasteiger partial charge in [0.1, 0.15) is 23.0 Å². The molecule has 0 radical (unpaired) electrons. The van der Waals surface area contributed by atoms with Gasteiger partial charge in [0.15, 0.2) is 5.82 Å². The molecule has 5 heterocycles. The van der Waals surface area contributed by atoms with Gasteiger partial charge in [-0.1, -0.05) is 6.92 Å². The van der Waals surface area contributed by atoms with Gasteiger partial charge < -0.3 is 20.1 Å². The molecule has 5 aromatic heterocycles. The van der Waals surface area contributed by atoms with Crippen LogP contribution in [0.5, 0.6) is 0 Å². The van der Waals surface area contributed by atoms with E-state index in [1.807, 2.05) is 47.6 Å². The van der Waals surface area contributed by atoms with E-state index in [-0.39, 0.29) is 18.1 Å². The summed E-state index contributed by atoms with van der Waals surface area (Å²) in [6.07, 6.45) is 11.4. The smallest absolute Gasteiger partial charge is 0.277 e. The summed E-state index contributed by atoms with van der Waals surface area (Å²) >= 11 is 0. The van der Waals surface area contributed by atoms with Gasteiger partial charge in [0.25, 0.3) is 5.56 Å². The minimum absolute atomic E-state index is 0.0423. The molecule has 11 nitrogen and oxygen atoms in total. The lowest BCUT2D eigenvalue weighted by molar-refractivity contribution is 0.276. The van der Waals surface area contributed by atoms with Crippen LogP contribution in [0.15, 0.2) is 54.1 Å². The van der Waals surface area contributed by atoms with E-state index >= 15 is 0 Å². The Bertz CT molecular complexity index is 1530. The number of aromatic nitrogens is 8. The van der Waals surface area contributed by atoms with Crippen molar-refractivity contribution in [3.05, 3.63) is 65.5 Å². The van der Waals surface area contributed by atoms with E-state index in [4.69, 9.17) is 4.98 Å². The Balaban J connectivity index is 1.54. The van der Waals surface area contributed by atoms with Crippen molar-refractivity contribution in [1.29, 1.82) is 0 Å². The Morgan fingerprint density at radius 3 is 2.71 bits per heavy atom. The molecule has 0 aliphatic carbocycles. The summed E-state index contributed by atoms with van der Waals surface area (Å²) in [6, 6.07) is 3.73. The molecule has 0 aromatic carbocycles. The average molecular weight is 460 g/mol. The van der Waals surface area contributed by atoms with Gasteiger partial charge in [0, 0.05) is 57.0 Å². The van der Waals surface area contributed by atoms with E-state index in [0.29, 0.717) is 29.4 Å². The predicted molar refractivity (Wildman–Crippen MR) is 128 cm³/mol. The Hall–Kier alpha value is -4.25. The monoisotopic (exact) mass is 459 g/mol. The van der Waals surface area contributed by atoms with Crippen LogP contribution in [0.1, 0.15) is 25.1 Å². The second-order valence-corrected chi connectivity index (χ2v) is 8.27. The van der Waals surface area contributed by atoms with Crippen molar-refractivity contribution in [1.82, 2.24) is 38.7 Å². The first-order valence-electron chi connectivity index (χ1n) is 10.9. The molecule has 0 aliphatic rings. The first-order chi connectivity index (χ1) is 16.4. The second kappa shape index (κ2) is 8.60. The van der Waals surface area contributed by atoms with Crippen molar-refractivity contribution in [3.8, 4) is 22.6 Å². The first-order valence-corrected chi connectivity index (χ1v) is 10.9. The molecule has 0 fully saturated rings. The van der Waals surface area contributed by atoms with Crippen molar-refractivity contribution in [2.45, 2.75) is 19.3 Å². The highest BCUT2D eigenvalue weighted by atomic mass is 16.3. The van der Waals surface area contributed by atoms with Gasteiger partial charge in [0.2, 0.25) is 0 Å². The van der Waals surface area contributed by atoms with Crippen LogP contribution in [0.2, 0.25) is 0 Å². The van der Waals surface area contributed by atoms with Crippen LogP contribution in [-0.4, -0.2) is 50.4 Å². The van der Waals surface area contributed by atoms with Gasteiger partial charge in [-0.15, -0.1) is 0 Å². The molecule has 1 unspecified atom stereocenters. The highest BCUT2D eigenvalue weighted by Crippen LogP contribution is 2.30. The Morgan fingerprint density at radius 2 is 2.00 bits per heavy atom. The lowest BCUT2D eigenvalue weighted by atomic mass is 10.1. The molecule has 11 heteroatoms. The van der Waals surface area contributed by atoms with Crippen LogP contribution in [-0.2, 0) is 14.1 Å². The number of aliphatic hydroxyl groups is 1. The zero-order chi connectivity index (χ0) is 23.8. The fourth-order valence-electron chi connectivity index (χ4n) is 3.91. The third-order valence-corrected chi connectivity index (χ3v) is 5.75. The number of aliphatic hydroxyl groups excluding tert-OH is 1. The molecule has 174 valence electrons. The lowest BCUT2D eigenvalue weighted by Gasteiger charge is -2.10. The third kappa shape index (κ3) is 3.86. The number of aryl methyl sites for hydroxylation is 2. The van der Waals surface area contributed by atoms with E-state index < -0.39 is 0 Å². The molecule has 5 rings (SSSR count). The number of imidazole rings is 1. The second-order valence-electron chi connectivity index (χ2n) is 8.27. The number of nitrogens with one attached hydrogen (secondary N) is 2. The van der Waals surface area contributed by atoms with Gasteiger partial charge in [-0.3, -0.25) is 13.9 Å². The van der Waals surface area contributed by atoms with Crippen molar-refractivity contribution < 1.29 is 5.11 Å². The Labute approximate surface area is 194 Å². The number of fused-ring (bicyclic) bond motifs is 1. The molecule has 0 saturated heterocycles. The number of nitrogens with zero attached hydrogens (tertiary/aromatic N) is 7. The topological polar surface area (TPSA) is 131 Å². The standard InChI is InChI=1S/C23H25N9O2/c1-14(6-9-33)22-29-20(15-5-8-30(2)12-15)17-11-25-19(13-32(17)22)27-18-4-7-24-21(28-18)16-10-26-31(3)23(16)34/h4-5,7-8,10-14,26,33H,6,9H2,1-3H3,(H,24,27,28). The maximum absolute atomic E-state index is 12.2. The number of hydrogen-bond donors (Lipinski definition) is 3. The number of aromatic amines is 1. The Morgan fingerprint density at radius 1 is 1.15 bits per heavy atom. The molecule has 0 saturated carbocycles. The van der Waals surface area contributed by atoms with Crippen LogP contribution in [0.25, 0.3) is 28.2 Å². The summed E-state index contributed by atoms with van der Waals surface area (Å²) < 4.78 is 5.35. The van der Waals surface area contributed by atoms with Gasteiger partial charge in [-0.2, -0.15) is 0 Å². The van der Waals surface area contributed by atoms with Crippen LogP contribution >= 0.6 is 0 Å². The fourth-order valence-corrected chi connectivity index (χ4v) is 3.91. The molecule has 0 amide bonds. The molecule has 1 atom stereocenters. The predicted octanol–water partition coefficient (Wildman–Crippen LogP) is 2.45. The maximum atomic E-state index is 12.2. The van der Waals surface area contributed by atoms with Crippen LogP contribution < -0.4 is 10.9 Å². The van der Waals surface area contributed by atoms with Crippen molar-refractivity contribution in [2.24, 2.45) is 14.1 Å². The summed E-state index contributed by atoms with van der Waals surface area (Å²) in [5.41, 5.74) is 2.89. The van der Waals surface area contributed by atoms with Gasteiger partial charge in [-0.05, 0) is 18.6 Å². The van der Waals surface area contributed by atoms with Crippen molar-refractivity contribution >= 4 is 17.2 Å². The van der Waals surface area contributed by atoms with E-state index in [1.165, 1.54) is 4.68 Å². The third-order valence-electron chi connectivity index (χ3n) is 5.75. The van der Waals surface area contributed by atoms with Crippen LogP contribution in [0.4, 0.5) is 11.6 Å². The Kier molecular flexibility index (Phi) is 5.46. The van der Waals surface area contributed by atoms with Crippen molar-refractivity contribution in [3.63, 3.8) is 0 Å². The number of hydrogen-bond acceptors (Lipinski definition) is 7. The van der Waals surface area contributed by atoms with Gasteiger partial charge >= 0.3 is 0 Å². The average Bonchev–Trinajstić information content (AvgIpc) is 3.51. The summed E-state index contributed by atoms with van der Waals surface area (Å²) in [4.78, 5) is 30.4. The van der Waals surface area contributed by atoms with E-state index in [0.717, 1.165) is 22.6 Å². The SMILES string of the molecule is CC(CCO)c1nc(-c2ccn(C)c2)c2cnc(Nc3ccnc(-c4c[nH]n(C)c4=O)n3)cn12. The minimum atomic E-state index is -0.203. The quantitative estimate of drug-likeness (QED) is 0.341. The fraction of sp³-hybridized carbons (Fsp3) is 0.261. The van der Waals surface area contributed by atoms with Gasteiger partial charge in [0.05, 0.1) is 23.6 Å². The van der Waals surface area contributed by atoms with E-state index in [2.05, 4.69) is 25.4 Å². The van der Waals surface area contributed by atoms with Gasteiger partial charge in [-0.25, -0.2) is 19.9 Å². The van der Waals surface area contributed by atoms with Crippen LogP contribution in [0, 0.1) is 0 Å². The van der Waals surface area contributed by atoms with Crippen LogP contribution in [0.3, 0.4) is 0 Å². The largest absolute Gasteiger partial charge is 0.396 e. The summed E-state index contributed by atoms with van der Waals surface area (Å²) in [7, 11) is 3.61. The minimum Gasteiger partial charge on any atom is -0.396 e. The number of H-pyrrole nitrogens is 1. The molecular formula is C23H25N9O2. The molecule has 0 spiro atoms. The molecule has 3 N–H and O–H groups in total. The van der Waals surface area contributed by atoms with Crippen molar-refractivity contribution in [2.75, 3.05) is 11.9 Å². The molecule has 34 heavy (non-hydrogen) atoms. The first kappa shape index (κ1) is 21.6. The molecule has 0 aliphatic heterocycles. The normalized spacial score (nSPS) is 12.4. The summed E-state index contributed by atoms with van der Waals surface area (Å²) in [5, 5.41) is 15.5. The van der Waals surface area contributed by atoms with E-state index in [1.54, 1.807) is 31.7 Å². The molecular weight excluding hydrogens is 434 g/mol. The van der Waals surface area contributed by atoms with E-state index in [9.17, 15) is 9.90 Å². The number of anilines is 2. The highest BCUT2D eigenvalue weighted by molar-refractivity contribution is 5.77. The molecule has 5 aromatic rings. The highest BCUT2D eigenvalue weighted by Gasteiger charge is 2.19. The zero-order valence-corrected chi connectivity index (χ0v) is 19.1. The summed E-state index contributed by atoms with van der Waals surface area (Å²) in [6.45, 7) is 2.12. The molecule has 0 bridgehead atoms. The zero-order valence-electron chi connectivity index (χ0n) is 19.1. The lowest BCUT2D eigenvalue weighted by Crippen LogP contribution is -2.14. The summed E-state index contributed by atoms with van der Waals surface area (Å²) in [5.74, 6) is 2.27.